The Hall–Kier alpha value is -3.39. The minimum atomic E-state index is -0.300. The minimum absolute atomic E-state index is 0.300. The van der Waals surface area contributed by atoms with Crippen molar-refractivity contribution in [1.82, 2.24) is 5.01 Å². The highest BCUT2D eigenvalue weighted by Gasteiger charge is 2.33. The number of thioether (sulfide) groups is 1. The molecule has 0 spiro atoms. The van der Waals surface area contributed by atoms with Crippen molar-refractivity contribution in [1.29, 1.82) is 0 Å². The second kappa shape index (κ2) is 11.2. The fraction of sp³-hybridized carbons (Fsp3) is 0.0400. The van der Waals surface area contributed by atoms with Gasteiger partial charge in [0.1, 0.15) is 5.75 Å². The number of rotatable bonds is 6. The summed E-state index contributed by atoms with van der Waals surface area (Å²) in [5.41, 5.74) is 2.47. The van der Waals surface area contributed by atoms with Gasteiger partial charge in [-0.05, 0) is 70.9 Å². The molecule has 1 aliphatic rings. The van der Waals surface area contributed by atoms with E-state index in [9.17, 15) is 4.79 Å². The summed E-state index contributed by atoms with van der Waals surface area (Å²) < 4.78 is 5.19. The summed E-state index contributed by atoms with van der Waals surface area (Å²) in [6, 6.07) is 21.7. The van der Waals surface area contributed by atoms with E-state index in [1.165, 1.54) is 16.8 Å². The molecule has 0 aromatic heterocycles. The molecule has 6 nitrogen and oxygen atoms in total. The smallest absolute Gasteiger partial charge is 0.287 e. The maximum atomic E-state index is 13.1. The highest BCUT2D eigenvalue weighted by molar-refractivity contribution is 8.18. The Kier molecular flexibility index (Phi) is 7.80. The number of carbonyl (C=O) groups excluding carboxylic acids is 1. The number of ether oxygens (including phenoxy) is 1. The molecule has 170 valence electrons. The van der Waals surface area contributed by atoms with Gasteiger partial charge in [0.2, 0.25) is 5.17 Å². The van der Waals surface area contributed by atoms with E-state index in [0.29, 0.717) is 20.1 Å². The maximum Gasteiger partial charge on any atom is 0.287 e. The van der Waals surface area contributed by atoms with Gasteiger partial charge in [0.15, 0.2) is 0 Å². The van der Waals surface area contributed by atoms with Crippen LogP contribution in [-0.4, -0.2) is 35.6 Å². The Bertz CT molecular complexity index is 1290. The summed E-state index contributed by atoms with van der Waals surface area (Å²) in [5, 5.41) is 15.6. The highest BCUT2D eigenvalue weighted by atomic mass is 35.5. The predicted octanol–water partition coefficient (Wildman–Crippen LogP) is 6.34. The van der Waals surface area contributed by atoms with Crippen LogP contribution in [0.4, 0.5) is 0 Å². The van der Waals surface area contributed by atoms with Crippen molar-refractivity contribution in [2.75, 3.05) is 7.11 Å². The molecule has 0 atom stereocenters. The predicted molar refractivity (Wildman–Crippen MR) is 141 cm³/mol. The molecular formula is C25H18Cl2N4O2S. The standard InChI is InChI=1S/C25H18Cl2N4O2S/c1-33-22-12-6-17(7-13-22)14-23-24(32)31(29-16-19-4-10-21(27)11-5-19)25(34-23)30-28-15-18-2-8-20(26)9-3-18/h2-16H,1H3/b23-14+,28-15+,29-16+,30-25+. The fourth-order valence-electron chi connectivity index (χ4n) is 2.85. The third-order valence-corrected chi connectivity index (χ3v) is 6.07. The van der Waals surface area contributed by atoms with Gasteiger partial charge in [-0.3, -0.25) is 4.79 Å². The van der Waals surface area contributed by atoms with Gasteiger partial charge in [0.25, 0.3) is 5.91 Å². The van der Waals surface area contributed by atoms with Crippen LogP contribution in [0.1, 0.15) is 16.7 Å². The number of amides is 1. The van der Waals surface area contributed by atoms with Crippen molar-refractivity contribution < 1.29 is 9.53 Å². The van der Waals surface area contributed by atoms with Crippen molar-refractivity contribution in [2.45, 2.75) is 0 Å². The van der Waals surface area contributed by atoms with Crippen LogP contribution in [0.2, 0.25) is 10.0 Å². The molecule has 0 N–H and O–H groups in total. The lowest BCUT2D eigenvalue weighted by atomic mass is 10.2. The van der Waals surface area contributed by atoms with Crippen molar-refractivity contribution in [3.63, 3.8) is 0 Å². The first-order valence-corrected chi connectivity index (χ1v) is 11.6. The molecule has 0 radical (unpaired) electrons. The van der Waals surface area contributed by atoms with Crippen LogP contribution >= 0.6 is 35.0 Å². The SMILES string of the molecule is COc1ccc(/C=C2/S/C(=N/N=C/c3ccc(Cl)cc3)N(/N=C/c3ccc(Cl)cc3)C2=O)cc1. The van der Waals surface area contributed by atoms with Crippen molar-refractivity contribution in [3.05, 3.63) is 104 Å². The lowest BCUT2D eigenvalue weighted by Crippen LogP contribution is -2.23. The Morgan fingerprint density at radius 1 is 0.824 bits per heavy atom. The van der Waals surface area contributed by atoms with Gasteiger partial charge in [0, 0.05) is 10.0 Å². The average Bonchev–Trinajstić information content (AvgIpc) is 3.14. The largest absolute Gasteiger partial charge is 0.497 e. The first kappa shape index (κ1) is 23.8. The van der Waals surface area contributed by atoms with Gasteiger partial charge < -0.3 is 4.74 Å². The number of methoxy groups -OCH3 is 1. The topological polar surface area (TPSA) is 66.6 Å². The summed E-state index contributed by atoms with van der Waals surface area (Å²) in [4.78, 5) is 13.6. The van der Waals surface area contributed by atoms with Crippen molar-refractivity contribution in [3.8, 4) is 5.75 Å². The Labute approximate surface area is 211 Å². The number of amidine groups is 1. The number of carbonyl (C=O) groups is 1. The van der Waals surface area contributed by atoms with E-state index in [-0.39, 0.29) is 5.91 Å². The number of hydrogen-bond donors (Lipinski definition) is 0. The molecule has 0 aliphatic carbocycles. The zero-order chi connectivity index (χ0) is 23.9. The monoisotopic (exact) mass is 508 g/mol. The number of nitrogens with zero attached hydrogens (tertiary/aromatic N) is 4. The third-order valence-electron chi connectivity index (χ3n) is 4.61. The summed E-state index contributed by atoms with van der Waals surface area (Å²) in [6.45, 7) is 0. The van der Waals surface area contributed by atoms with Crippen LogP contribution in [0.25, 0.3) is 6.08 Å². The van der Waals surface area contributed by atoms with Gasteiger partial charge in [-0.25, -0.2) is 0 Å². The van der Waals surface area contributed by atoms with Gasteiger partial charge in [0.05, 0.1) is 24.4 Å². The van der Waals surface area contributed by atoms with Gasteiger partial charge >= 0.3 is 0 Å². The molecule has 1 heterocycles. The molecular weight excluding hydrogens is 491 g/mol. The second-order valence-electron chi connectivity index (χ2n) is 6.98. The fourth-order valence-corrected chi connectivity index (χ4v) is 3.97. The van der Waals surface area contributed by atoms with E-state index in [4.69, 9.17) is 27.9 Å². The van der Waals surface area contributed by atoms with E-state index in [1.54, 1.807) is 49.9 Å². The zero-order valence-corrected chi connectivity index (χ0v) is 20.3. The van der Waals surface area contributed by atoms with E-state index in [2.05, 4.69) is 15.3 Å². The number of halogens is 2. The zero-order valence-electron chi connectivity index (χ0n) is 17.9. The Morgan fingerprint density at radius 2 is 1.38 bits per heavy atom. The maximum absolute atomic E-state index is 13.1. The van der Waals surface area contributed by atoms with Gasteiger partial charge in [-0.1, -0.05) is 59.6 Å². The lowest BCUT2D eigenvalue weighted by molar-refractivity contribution is -0.122. The third kappa shape index (κ3) is 6.14. The highest BCUT2D eigenvalue weighted by Crippen LogP contribution is 2.33. The van der Waals surface area contributed by atoms with Crippen LogP contribution < -0.4 is 4.74 Å². The second-order valence-corrected chi connectivity index (χ2v) is 8.86. The molecule has 4 rings (SSSR count). The van der Waals surface area contributed by atoms with Crippen LogP contribution in [0.15, 0.2) is 93.0 Å². The van der Waals surface area contributed by atoms with E-state index < -0.39 is 0 Å². The lowest BCUT2D eigenvalue weighted by Gasteiger charge is -2.06. The van der Waals surface area contributed by atoms with Crippen LogP contribution in [0, 0.1) is 0 Å². The van der Waals surface area contributed by atoms with Gasteiger partial charge in [-0.15, -0.1) is 5.10 Å². The van der Waals surface area contributed by atoms with Crippen LogP contribution in [-0.2, 0) is 4.79 Å². The summed E-state index contributed by atoms with van der Waals surface area (Å²) >= 11 is 13.1. The van der Waals surface area contributed by atoms with E-state index in [0.717, 1.165) is 22.4 Å². The van der Waals surface area contributed by atoms with Crippen LogP contribution in [0.3, 0.4) is 0 Å². The van der Waals surface area contributed by atoms with E-state index in [1.807, 2.05) is 48.5 Å². The molecule has 0 saturated carbocycles. The normalized spacial score (nSPS) is 16.4. The number of hydrogen-bond acceptors (Lipinski definition) is 6. The number of benzene rings is 3. The Morgan fingerprint density at radius 3 is 1.97 bits per heavy atom. The molecule has 0 unspecified atom stereocenters. The van der Waals surface area contributed by atoms with E-state index >= 15 is 0 Å². The molecule has 3 aromatic carbocycles. The molecule has 9 heteroatoms. The molecule has 1 fully saturated rings. The van der Waals surface area contributed by atoms with Crippen molar-refractivity contribution in [2.24, 2.45) is 15.3 Å². The number of hydrazone groups is 1. The molecule has 3 aromatic rings. The van der Waals surface area contributed by atoms with Crippen molar-refractivity contribution >= 4 is 64.5 Å². The summed E-state index contributed by atoms with van der Waals surface area (Å²) in [7, 11) is 1.60. The molecule has 1 amide bonds. The first-order valence-electron chi connectivity index (χ1n) is 10.1. The summed E-state index contributed by atoms with van der Waals surface area (Å²) in [6.07, 6.45) is 4.94. The molecule has 34 heavy (non-hydrogen) atoms. The Balaban J connectivity index is 1.62. The molecule has 1 aliphatic heterocycles. The molecule has 0 bridgehead atoms. The molecule has 1 saturated heterocycles. The van der Waals surface area contributed by atoms with Gasteiger partial charge in [-0.2, -0.15) is 15.2 Å². The summed E-state index contributed by atoms with van der Waals surface area (Å²) in [5.74, 6) is 0.437. The minimum Gasteiger partial charge on any atom is -0.497 e. The first-order chi connectivity index (χ1) is 16.5. The quantitative estimate of drug-likeness (QED) is 0.221. The average molecular weight is 509 g/mol. The van der Waals surface area contributed by atoms with Crippen LogP contribution in [0.5, 0.6) is 5.75 Å².